The van der Waals surface area contributed by atoms with Crippen LogP contribution in [0.4, 0.5) is 5.69 Å². The molecule has 100 valence electrons. The summed E-state index contributed by atoms with van der Waals surface area (Å²) >= 11 is 0. The fraction of sp³-hybridized carbons (Fsp3) is 0.500. The highest BCUT2D eigenvalue weighted by atomic mass is 16.2. The van der Waals surface area contributed by atoms with Gasteiger partial charge >= 0.3 is 0 Å². The molecule has 1 fully saturated rings. The maximum Gasteiger partial charge on any atom is 0.237 e. The second-order valence-electron chi connectivity index (χ2n) is 5.69. The molecule has 19 heavy (non-hydrogen) atoms. The largest absolute Gasteiger partial charge is 0.314 e. The van der Waals surface area contributed by atoms with Crippen LogP contribution in [0.5, 0.6) is 0 Å². The number of ketones is 1. The number of carbonyl (C=O) groups is 2. The number of anilines is 1. The lowest BCUT2D eigenvalue weighted by Crippen LogP contribution is -2.41. The van der Waals surface area contributed by atoms with Crippen molar-refractivity contribution < 1.29 is 9.59 Å². The average Bonchev–Trinajstić information content (AvgIpc) is 2.64. The van der Waals surface area contributed by atoms with Crippen LogP contribution in [0.3, 0.4) is 0 Å². The van der Waals surface area contributed by atoms with E-state index in [2.05, 4.69) is 25.1 Å². The number of hydrogen-bond acceptors (Lipinski definition) is 2. The number of carbonyl (C=O) groups excluding carboxylic acids is 2. The minimum Gasteiger partial charge on any atom is -0.314 e. The van der Waals surface area contributed by atoms with Crippen molar-refractivity contribution in [3.8, 4) is 0 Å². The third-order valence-electron chi connectivity index (χ3n) is 4.72. The van der Waals surface area contributed by atoms with Crippen LogP contribution < -0.4 is 4.90 Å². The first-order valence-corrected chi connectivity index (χ1v) is 7.02. The Morgan fingerprint density at radius 2 is 1.89 bits per heavy atom. The fourth-order valence-corrected chi connectivity index (χ4v) is 3.46. The molecule has 1 saturated carbocycles. The molecule has 2 aliphatic rings. The number of hydrogen-bond donors (Lipinski definition) is 0. The summed E-state index contributed by atoms with van der Waals surface area (Å²) in [5, 5.41) is 0. The molecule has 0 radical (unpaired) electrons. The van der Waals surface area contributed by atoms with Gasteiger partial charge in [-0.25, -0.2) is 0 Å². The van der Waals surface area contributed by atoms with E-state index in [0.717, 1.165) is 17.7 Å². The van der Waals surface area contributed by atoms with Crippen molar-refractivity contribution in [2.75, 3.05) is 11.9 Å². The minimum atomic E-state index is -0.427. The van der Waals surface area contributed by atoms with Gasteiger partial charge in [0, 0.05) is 25.6 Å². The van der Waals surface area contributed by atoms with Crippen molar-refractivity contribution in [3.63, 3.8) is 0 Å². The van der Waals surface area contributed by atoms with E-state index in [-0.39, 0.29) is 5.91 Å². The van der Waals surface area contributed by atoms with Gasteiger partial charge in [-0.2, -0.15) is 0 Å². The number of benzene rings is 1. The molecule has 0 saturated heterocycles. The topological polar surface area (TPSA) is 37.4 Å². The van der Waals surface area contributed by atoms with E-state index in [9.17, 15) is 9.59 Å². The van der Waals surface area contributed by atoms with Crippen LogP contribution >= 0.6 is 0 Å². The van der Waals surface area contributed by atoms with Crippen LogP contribution in [0.15, 0.2) is 18.2 Å². The van der Waals surface area contributed by atoms with E-state index in [1.165, 1.54) is 5.56 Å². The molecule has 0 aromatic heterocycles. The van der Waals surface area contributed by atoms with Crippen LogP contribution in [-0.2, 0) is 21.4 Å². The maximum atomic E-state index is 12.7. The molecule has 1 aliphatic heterocycles. The number of nitrogens with zero attached hydrogens (tertiary/aromatic N) is 1. The highest BCUT2D eigenvalue weighted by Crippen LogP contribution is 2.49. The van der Waals surface area contributed by atoms with Gasteiger partial charge in [-0.3, -0.25) is 9.59 Å². The van der Waals surface area contributed by atoms with Gasteiger partial charge in [0.15, 0.2) is 0 Å². The molecule has 1 aromatic carbocycles. The number of fused-ring (bicyclic) bond motifs is 2. The highest BCUT2D eigenvalue weighted by Gasteiger charge is 2.50. The molecule has 1 aromatic rings. The Morgan fingerprint density at radius 1 is 1.21 bits per heavy atom. The number of likely N-dealkylation sites (N-methyl/N-ethyl adjacent to an activating group) is 1. The average molecular weight is 257 g/mol. The lowest BCUT2D eigenvalue weighted by atomic mass is 9.69. The molecule has 1 aliphatic carbocycles. The summed E-state index contributed by atoms with van der Waals surface area (Å²) < 4.78 is 0. The predicted molar refractivity (Wildman–Crippen MR) is 74.4 cm³/mol. The molecular formula is C16H19NO2. The second-order valence-corrected chi connectivity index (χ2v) is 5.69. The minimum absolute atomic E-state index is 0.170. The molecule has 0 atom stereocenters. The Morgan fingerprint density at radius 3 is 2.53 bits per heavy atom. The number of aryl methyl sites for hydroxylation is 1. The van der Waals surface area contributed by atoms with Crippen LogP contribution in [0, 0.1) is 0 Å². The summed E-state index contributed by atoms with van der Waals surface area (Å²) in [6.45, 7) is 2.12. The van der Waals surface area contributed by atoms with Crippen molar-refractivity contribution in [2.24, 2.45) is 0 Å². The zero-order chi connectivity index (χ0) is 13.6. The molecule has 3 nitrogen and oxygen atoms in total. The van der Waals surface area contributed by atoms with Gasteiger partial charge in [-0.15, -0.1) is 0 Å². The lowest BCUT2D eigenvalue weighted by Gasteiger charge is -2.31. The molecule has 0 unspecified atom stereocenters. The Hall–Kier alpha value is -1.64. The van der Waals surface area contributed by atoms with Gasteiger partial charge in [-0.1, -0.05) is 19.1 Å². The summed E-state index contributed by atoms with van der Waals surface area (Å²) in [4.78, 5) is 25.9. The summed E-state index contributed by atoms with van der Waals surface area (Å²) in [7, 11) is 1.85. The number of amides is 1. The van der Waals surface area contributed by atoms with Gasteiger partial charge in [-0.05, 0) is 36.5 Å². The Labute approximate surface area is 113 Å². The summed E-state index contributed by atoms with van der Waals surface area (Å²) in [6, 6.07) is 6.32. The van der Waals surface area contributed by atoms with Gasteiger partial charge < -0.3 is 4.90 Å². The van der Waals surface area contributed by atoms with E-state index in [4.69, 9.17) is 0 Å². The molecule has 3 rings (SSSR count). The number of rotatable bonds is 1. The van der Waals surface area contributed by atoms with E-state index in [1.807, 2.05) is 7.05 Å². The van der Waals surface area contributed by atoms with Gasteiger partial charge in [0.1, 0.15) is 5.78 Å². The lowest BCUT2D eigenvalue weighted by molar-refractivity contribution is -0.127. The first-order chi connectivity index (χ1) is 9.08. The highest BCUT2D eigenvalue weighted by molar-refractivity contribution is 6.08. The van der Waals surface area contributed by atoms with E-state index in [1.54, 1.807) is 4.90 Å². The first-order valence-electron chi connectivity index (χ1n) is 7.02. The predicted octanol–water partition coefficient (Wildman–Crippen LogP) is 2.61. The fourth-order valence-electron chi connectivity index (χ4n) is 3.46. The van der Waals surface area contributed by atoms with E-state index < -0.39 is 5.41 Å². The third-order valence-corrected chi connectivity index (χ3v) is 4.72. The SMILES string of the molecule is CCc1ccc2c(c1)C1(CCC(=O)CC1)C(=O)N2C. The molecule has 1 spiro atoms. The van der Waals surface area contributed by atoms with Crippen molar-refractivity contribution in [3.05, 3.63) is 29.3 Å². The smallest absolute Gasteiger partial charge is 0.237 e. The van der Waals surface area contributed by atoms with E-state index >= 15 is 0 Å². The standard InChI is InChI=1S/C16H19NO2/c1-3-11-4-5-14-13(10-11)16(15(19)17(14)2)8-6-12(18)7-9-16/h4-5,10H,3,6-9H2,1-2H3. The second kappa shape index (κ2) is 4.19. The van der Waals surface area contributed by atoms with Crippen LogP contribution in [-0.4, -0.2) is 18.7 Å². The zero-order valence-electron chi connectivity index (χ0n) is 11.5. The normalized spacial score (nSPS) is 21.1. The van der Waals surface area contributed by atoms with Crippen LogP contribution in [0.25, 0.3) is 0 Å². The summed E-state index contributed by atoms with van der Waals surface area (Å²) in [5.41, 5.74) is 3.00. The monoisotopic (exact) mass is 257 g/mol. The molecular weight excluding hydrogens is 238 g/mol. The summed E-state index contributed by atoms with van der Waals surface area (Å²) in [5.74, 6) is 0.462. The quantitative estimate of drug-likeness (QED) is 0.775. The Kier molecular flexibility index (Phi) is 2.73. The van der Waals surface area contributed by atoms with Crippen LogP contribution in [0.2, 0.25) is 0 Å². The van der Waals surface area contributed by atoms with Gasteiger partial charge in [0.2, 0.25) is 5.91 Å². The van der Waals surface area contributed by atoms with Crippen molar-refractivity contribution in [2.45, 2.75) is 44.4 Å². The van der Waals surface area contributed by atoms with Crippen LogP contribution in [0.1, 0.15) is 43.7 Å². The van der Waals surface area contributed by atoms with Crippen molar-refractivity contribution in [1.82, 2.24) is 0 Å². The molecule has 3 heteroatoms. The third kappa shape index (κ3) is 1.64. The Balaban J connectivity index is 2.12. The summed E-state index contributed by atoms with van der Waals surface area (Å²) in [6.07, 6.45) is 3.40. The molecule has 0 bridgehead atoms. The van der Waals surface area contributed by atoms with Crippen molar-refractivity contribution >= 4 is 17.4 Å². The Bertz CT molecular complexity index is 552. The number of Topliss-reactive ketones (excluding diaryl/α,β-unsaturated/α-hetero) is 1. The van der Waals surface area contributed by atoms with Gasteiger partial charge in [0.05, 0.1) is 5.41 Å². The maximum absolute atomic E-state index is 12.7. The zero-order valence-corrected chi connectivity index (χ0v) is 11.5. The first kappa shape index (κ1) is 12.4. The molecule has 1 heterocycles. The van der Waals surface area contributed by atoms with E-state index in [0.29, 0.717) is 31.5 Å². The molecule has 0 N–H and O–H groups in total. The van der Waals surface area contributed by atoms with Crippen molar-refractivity contribution in [1.29, 1.82) is 0 Å². The molecule has 1 amide bonds. The van der Waals surface area contributed by atoms with Gasteiger partial charge in [0.25, 0.3) is 0 Å².